The van der Waals surface area contributed by atoms with E-state index in [-0.39, 0.29) is 0 Å². The largest absolute Gasteiger partial charge is 0.313 e. The Kier molecular flexibility index (Phi) is 7.04. The third-order valence-corrected chi connectivity index (χ3v) is 3.58. The number of hydrogen-bond donors (Lipinski definition) is 1. The molecule has 0 aromatic heterocycles. The summed E-state index contributed by atoms with van der Waals surface area (Å²) in [6, 6.07) is 9.70. The monoisotopic (exact) mass is 247 g/mol. The minimum Gasteiger partial charge on any atom is -0.313 e. The molecule has 1 heteroatoms. The lowest BCUT2D eigenvalue weighted by Gasteiger charge is -2.18. The van der Waals surface area contributed by atoms with E-state index in [0.717, 1.165) is 5.92 Å². The number of hydrogen-bond acceptors (Lipinski definition) is 1. The molecule has 0 aliphatic heterocycles. The maximum absolute atomic E-state index is 3.44. The van der Waals surface area contributed by atoms with Gasteiger partial charge in [-0.05, 0) is 49.8 Å². The molecule has 0 amide bonds. The van der Waals surface area contributed by atoms with Gasteiger partial charge in [0.1, 0.15) is 0 Å². The highest BCUT2D eigenvalue weighted by atomic mass is 14.9. The number of nitrogens with one attached hydrogen (secondary N) is 1. The van der Waals surface area contributed by atoms with Crippen LogP contribution < -0.4 is 5.32 Å². The van der Waals surface area contributed by atoms with Crippen molar-refractivity contribution in [2.75, 3.05) is 7.05 Å². The molecular formula is C17H29N. The van der Waals surface area contributed by atoms with Crippen molar-refractivity contribution < 1.29 is 0 Å². The second-order valence-electron chi connectivity index (χ2n) is 5.66. The fourth-order valence-corrected chi connectivity index (χ4v) is 2.28. The van der Waals surface area contributed by atoms with E-state index in [2.05, 4.69) is 57.4 Å². The summed E-state index contributed by atoms with van der Waals surface area (Å²) in [5, 5.41) is 3.44. The average Bonchev–Trinajstić information content (AvgIpc) is 2.38. The molecule has 18 heavy (non-hydrogen) atoms. The van der Waals surface area contributed by atoms with Crippen molar-refractivity contribution in [1.82, 2.24) is 5.32 Å². The number of rotatable bonds is 8. The standard InChI is InChI=1S/C17H29N/c1-5-6-7-15-9-11-16(12-10-15)17(18-4)13-8-14(2)3/h9-12,14,17-18H,5-8,13H2,1-4H3. The van der Waals surface area contributed by atoms with Gasteiger partial charge >= 0.3 is 0 Å². The van der Waals surface area contributed by atoms with Crippen molar-refractivity contribution in [1.29, 1.82) is 0 Å². The zero-order valence-electron chi connectivity index (χ0n) is 12.5. The zero-order chi connectivity index (χ0) is 13.4. The van der Waals surface area contributed by atoms with E-state index < -0.39 is 0 Å². The highest BCUT2D eigenvalue weighted by molar-refractivity contribution is 5.25. The number of unbranched alkanes of at least 4 members (excludes halogenated alkanes) is 1. The maximum Gasteiger partial charge on any atom is 0.0317 e. The second kappa shape index (κ2) is 8.31. The Bertz CT molecular complexity index is 313. The first-order valence-corrected chi connectivity index (χ1v) is 7.43. The lowest BCUT2D eigenvalue weighted by Crippen LogP contribution is -2.16. The Morgan fingerprint density at radius 1 is 1.06 bits per heavy atom. The minimum absolute atomic E-state index is 0.507. The molecule has 0 saturated carbocycles. The number of benzene rings is 1. The van der Waals surface area contributed by atoms with Crippen LogP contribution in [0.25, 0.3) is 0 Å². The van der Waals surface area contributed by atoms with Gasteiger partial charge in [-0.1, -0.05) is 51.5 Å². The molecule has 1 rings (SSSR count). The molecule has 1 nitrogen and oxygen atoms in total. The minimum atomic E-state index is 0.507. The first kappa shape index (κ1) is 15.2. The first-order valence-electron chi connectivity index (χ1n) is 7.43. The van der Waals surface area contributed by atoms with Gasteiger partial charge in [0, 0.05) is 6.04 Å². The van der Waals surface area contributed by atoms with E-state index in [1.54, 1.807) is 0 Å². The van der Waals surface area contributed by atoms with Gasteiger partial charge in [-0.3, -0.25) is 0 Å². The molecule has 1 unspecified atom stereocenters. The van der Waals surface area contributed by atoms with Gasteiger partial charge in [-0.2, -0.15) is 0 Å². The van der Waals surface area contributed by atoms with Crippen molar-refractivity contribution in [3.05, 3.63) is 35.4 Å². The van der Waals surface area contributed by atoms with Crippen LogP contribution in [0.5, 0.6) is 0 Å². The van der Waals surface area contributed by atoms with Crippen LogP contribution in [0.15, 0.2) is 24.3 Å². The van der Waals surface area contributed by atoms with Crippen molar-refractivity contribution in [2.45, 2.75) is 58.9 Å². The maximum atomic E-state index is 3.44. The molecular weight excluding hydrogens is 218 g/mol. The zero-order valence-corrected chi connectivity index (χ0v) is 12.5. The van der Waals surface area contributed by atoms with Crippen LogP contribution in [0, 0.1) is 5.92 Å². The predicted octanol–water partition coefficient (Wildman–Crippen LogP) is 4.73. The Morgan fingerprint density at radius 2 is 1.72 bits per heavy atom. The van der Waals surface area contributed by atoms with Crippen LogP contribution in [0.3, 0.4) is 0 Å². The van der Waals surface area contributed by atoms with Crippen LogP contribution >= 0.6 is 0 Å². The Labute approximate surface area is 113 Å². The molecule has 1 aromatic rings. The highest BCUT2D eigenvalue weighted by Gasteiger charge is 2.09. The van der Waals surface area contributed by atoms with E-state index in [9.17, 15) is 0 Å². The van der Waals surface area contributed by atoms with Gasteiger partial charge in [0.15, 0.2) is 0 Å². The van der Waals surface area contributed by atoms with Gasteiger partial charge < -0.3 is 5.32 Å². The van der Waals surface area contributed by atoms with E-state index in [1.165, 1.54) is 43.2 Å². The van der Waals surface area contributed by atoms with Crippen LogP contribution in [-0.2, 0) is 6.42 Å². The highest BCUT2D eigenvalue weighted by Crippen LogP contribution is 2.21. The molecule has 0 radical (unpaired) electrons. The van der Waals surface area contributed by atoms with Gasteiger partial charge in [0.25, 0.3) is 0 Å². The second-order valence-corrected chi connectivity index (χ2v) is 5.66. The fraction of sp³-hybridized carbons (Fsp3) is 0.647. The average molecular weight is 247 g/mol. The summed E-state index contributed by atoms with van der Waals surface area (Å²) >= 11 is 0. The van der Waals surface area contributed by atoms with Crippen LogP contribution in [-0.4, -0.2) is 7.05 Å². The molecule has 0 spiro atoms. The molecule has 1 N–H and O–H groups in total. The van der Waals surface area contributed by atoms with E-state index >= 15 is 0 Å². The first-order chi connectivity index (χ1) is 8.67. The topological polar surface area (TPSA) is 12.0 Å². The fourth-order valence-electron chi connectivity index (χ4n) is 2.28. The molecule has 1 atom stereocenters. The van der Waals surface area contributed by atoms with E-state index in [1.807, 2.05) is 0 Å². The molecule has 0 saturated heterocycles. The summed E-state index contributed by atoms with van der Waals surface area (Å²) in [6.07, 6.45) is 6.29. The summed E-state index contributed by atoms with van der Waals surface area (Å²) in [5.74, 6) is 0.782. The lowest BCUT2D eigenvalue weighted by atomic mass is 9.96. The number of aryl methyl sites for hydroxylation is 1. The van der Waals surface area contributed by atoms with Crippen LogP contribution in [0.1, 0.15) is 63.6 Å². The molecule has 0 aliphatic rings. The van der Waals surface area contributed by atoms with Gasteiger partial charge in [0.2, 0.25) is 0 Å². The van der Waals surface area contributed by atoms with Crippen LogP contribution in [0.2, 0.25) is 0 Å². The molecule has 1 aromatic carbocycles. The van der Waals surface area contributed by atoms with Crippen molar-refractivity contribution >= 4 is 0 Å². The normalized spacial score (nSPS) is 12.9. The van der Waals surface area contributed by atoms with Crippen molar-refractivity contribution in [3.63, 3.8) is 0 Å². The van der Waals surface area contributed by atoms with Crippen molar-refractivity contribution in [3.8, 4) is 0 Å². The Balaban J connectivity index is 2.57. The predicted molar refractivity (Wildman–Crippen MR) is 80.9 cm³/mol. The quantitative estimate of drug-likeness (QED) is 0.700. The third-order valence-electron chi connectivity index (χ3n) is 3.58. The van der Waals surface area contributed by atoms with Gasteiger partial charge in [0.05, 0.1) is 0 Å². The Hall–Kier alpha value is -0.820. The molecule has 0 heterocycles. The SMILES string of the molecule is CCCCc1ccc(C(CCC(C)C)NC)cc1. The summed E-state index contributed by atoms with van der Waals surface area (Å²) in [7, 11) is 2.07. The molecule has 0 aliphatic carbocycles. The van der Waals surface area contributed by atoms with E-state index in [0.29, 0.717) is 6.04 Å². The third kappa shape index (κ3) is 5.22. The van der Waals surface area contributed by atoms with E-state index in [4.69, 9.17) is 0 Å². The van der Waals surface area contributed by atoms with Crippen molar-refractivity contribution in [2.24, 2.45) is 5.92 Å². The molecule has 0 bridgehead atoms. The lowest BCUT2D eigenvalue weighted by molar-refractivity contribution is 0.465. The Morgan fingerprint density at radius 3 is 2.22 bits per heavy atom. The molecule has 102 valence electrons. The summed E-state index contributed by atoms with van der Waals surface area (Å²) in [4.78, 5) is 0. The van der Waals surface area contributed by atoms with Gasteiger partial charge in [-0.15, -0.1) is 0 Å². The molecule has 0 fully saturated rings. The smallest absolute Gasteiger partial charge is 0.0317 e. The summed E-state index contributed by atoms with van der Waals surface area (Å²) in [6.45, 7) is 6.83. The summed E-state index contributed by atoms with van der Waals surface area (Å²) < 4.78 is 0. The van der Waals surface area contributed by atoms with Crippen LogP contribution in [0.4, 0.5) is 0 Å². The van der Waals surface area contributed by atoms with Gasteiger partial charge in [-0.25, -0.2) is 0 Å². The summed E-state index contributed by atoms with van der Waals surface area (Å²) in [5.41, 5.74) is 2.90.